The highest BCUT2D eigenvalue weighted by Crippen LogP contribution is 2.30. The fourth-order valence-corrected chi connectivity index (χ4v) is 14.5. The Morgan fingerprint density at radius 3 is 0.753 bits per heavy atom. The molecule has 18 rings (SSSR count). The summed E-state index contributed by atoms with van der Waals surface area (Å²) in [6.07, 6.45) is 9.47. The quantitative estimate of drug-likeness (QED) is 0.0150. The average molecular weight is 2140 g/mol. The zero-order valence-corrected chi connectivity index (χ0v) is 82.9. The van der Waals surface area contributed by atoms with Crippen molar-refractivity contribution in [2.75, 3.05) is 31.9 Å². The number of nitrogens with zero attached hydrogens (tertiary/aromatic N) is 12. The van der Waals surface area contributed by atoms with Crippen molar-refractivity contribution < 1.29 is 59.5 Å². The monoisotopic (exact) mass is 2130 g/mol. The van der Waals surface area contributed by atoms with Crippen molar-refractivity contribution in [1.29, 1.82) is 0 Å². The number of anilines is 6. The predicted octanol–water partition coefficient (Wildman–Crippen LogP) is 24.2. The van der Waals surface area contributed by atoms with E-state index in [1.54, 1.807) is 57.0 Å². The molecule has 0 bridgehead atoms. The second kappa shape index (κ2) is 52.4. The molecule has 0 atom stereocenters. The molecule has 18 aromatic rings. The summed E-state index contributed by atoms with van der Waals surface area (Å²) >= 11 is 5.62. The lowest BCUT2D eigenvalue weighted by Gasteiger charge is -2.10. The van der Waals surface area contributed by atoms with E-state index in [4.69, 9.17) is 0 Å². The summed E-state index contributed by atoms with van der Waals surface area (Å²) in [5, 5.41) is 16.2. The van der Waals surface area contributed by atoms with Gasteiger partial charge in [0, 0.05) is 52.6 Å². The second-order valence-corrected chi connectivity index (χ2v) is 34.5. The van der Waals surface area contributed by atoms with Gasteiger partial charge < -0.3 is 31.9 Å². The zero-order chi connectivity index (χ0) is 104. The molecule has 33 heteroatoms. The predicted molar refractivity (Wildman–Crippen MR) is 562 cm³/mol. The van der Waals surface area contributed by atoms with Gasteiger partial charge in [-0.15, -0.1) is 0 Å². The minimum absolute atomic E-state index is 0.00792. The van der Waals surface area contributed by atoms with Crippen LogP contribution in [0, 0.1) is 85.8 Å². The van der Waals surface area contributed by atoms with Gasteiger partial charge in [-0.05, 0) is 135 Å². The number of halogens is 9. The van der Waals surface area contributed by atoms with Gasteiger partial charge in [0.15, 0.2) is 69.8 Å². The van der Waals surface area contributed by atoms with E-state index in [1.807, 2.05) is 307 Å². The van der Waals surface area contributed by atoms with Crippen LogP contribution < -0.4 is 31.9 Å². The van der Waals surface area contributed by atoms with Crippen molar-refractivity contribution in [3.05, 3.63) is 463 Å². The molecule has 732 valence electrons. The van der Waals surface area contributed by atoms with Crippen LogP contribution in [0.1, 0.15) is 72.3 Å². The molecule has 6 N–H and O–H groups in total. The standard InChI is InChI=1S/C19H16BrN3O.C19H12F5N3O.C19H15F2N3O.C19H16IN3O.C19H17N3O.C18H15N3O/c1-13-19(21-12-17(22-13)15-5-3-2-4-6-15)23-18(24)11-14-7-9-16(20)10-8-14;1-9-19(25-8-12(26-9)10-5-3-2-4-6-10)27-13(28)7-11-14(20)16(22)18(24)17(23)15(11)21;1-12-19(22-11-17(23-12)14-5-3-2-4-6-14)24-18(25)10-13-7-8-15(20)16(21)9-13;1-13-19(21-12-17(22-13)15-5-3-2-4-6-15)23-18(24)11-14-7-9-16(20)10-8-14;1-14-19(22-18(23)12-15-8-4-2-5-9-15)20-13-17(21-14)16-10-6-3-7-11-16;1-13-17(21-18(22)15-10-6-3-7-11-15)19-12-16(20-13)14-8-4-2-5-9-14/h2-10,12H,11H2,1H3,(H,21,23,24);2-6,8H,7H2,1H3,(H,25,27,28);2-9,11H,10H2,1H3,(H,22,24,25);2-10,12H,11H2,1H3,(H,21,23,24);2-11,13H,12H2,1H3,(H,20,22,23);2-12H,1H3,(H,19,21,22). The van der Waals surface area contributed by atoms with Crippen molar-refractivity contribution in [1.82, 2.24) is 59.8 Å². The Morgan fingerprint density at radius 2 is 0.479 bits per heavy atom. The molecular weight excluding hydrogens is 2050 g/mol. The van der Waals surface area contributed by atoms with Crippen molar-refractivity contribution in [3.8, 4) is 67.5 Å². The maximum atomic E-state index is 13.7. The van der Waals surface area contributed by atoms with E-state index < -0.39 is 58.6 Å². The molecule has 0 radical (unpaired) electrons. The molecule has 0 saturated carbocycles. The molecule has 0 saturated heterocycles. The number of aromatic nitrogens is 12. The Hall–Kier alpha value is -17.3. The summed E-state index contributed by atoms with van der Waals surface area (Å²) in [6.45, 7) is 10.7. The summed E-state index contributed by atoms with van der Waals surface area (Å²) < 4.78 is 95.2. The third kappa shape index (κ3) is 31.1. The first-order chi connectivity index (χ1) is 70.5. The average Bonchev–Trinajstić information content (AvgIpc) is 0.790. The summed E-state index contributed by atoms with van der Waals surface area (Å²) in [6, 6.07) is 95.6. The van der Waals surface area contributed by atoms with Crippen molar-refractivity contribution in [2.24, 2.45) is 0 Å². The van der Waals surface area contributed by atoms with E-state index in [2.05, 4.69) is 130 Å². The first-order valence-electron chi connectivity index (χ1n) is 45.2. The van der Waals surface area contributed by atoms with Crippen LogP contribution in [-0.4, -0.2) is 95.3 Å². The summed E-state index contributed by atoms with van der Waals surface area (Å²) in [7, 11) is 0. The summed E-state index contributed by atoms with van der Waals surface area (Å²) in [5.74, 6) is -12.0. The van der Waals surface area contributed by atoms with Gasteiger partial charge >= 0.3 is 0 Å². The van der Waals surface area contributed by atoms with E-state index in [9.17, 15) is 59.5 Å². The minimum Gasteiger partial charge on any atom is -0.309 e. The number of carbonyl (C=O) groups is 6. The third-order valence-corrected chi connectivity index (χ3v) is 22.7. The molecule has 24 nitrogen and oxygen atoms in total. The normalized spacial score (nSPS) is 10.5. The fraction of sp³-hybridized carbons (Fsp3) is 0.0973. The van der Waals surface area contributed by atoms with Crippen LogP contribution in [0.25, 0.3) is 67.5 Å². The number of nitrogens with one attached hydrogen (secondary N) is 6. The maximum absolute atomic E-state index is 13.7. The van der Waals surface area contributed by atoms with Crippen LogP contribution in [-0.2, 0) is 56.1 Å². The highest BCUT2D eigenvalue weighted by molar-refractivity contribution is 14.1. The van der Waals surface area contributed by atoms with Crippen LogP contribution >= 0.6 is 38.5 Å². The Bertz CT molecular complexity index is 7410. The van der Waals surface area contributed by atoms with Gasteiger partial charge in [-0.1, -0.05) is 277 Å². The number of hydrogen-bond acceptors (Lipinski definition) is 18. The smallest absolute Gasteiger partial charge is 0.256 e. The van der Waals surface area contributed by atoms with Crippen LogP contribution in [0.3, 0.4) is 0 Å². The number of hydrogen-bond donors (Lipinski definition) is 6. The van der Waals surface area contributed by atoms with Crippen molar-refractivity contribution in [2.45, 2.75) is 73.6 Å². The van der Waals surface area contributed by atoms with E-state index in [0.29, 0.717) is 105 Å². The van der Waals surface area contributed by atoms with Crippen LogP contribution in [0.4, 0.5) is 65.6 Å². The second-order valence-electron chi connectivity index (χ2n) is 32.3. The van der Waals surface area contributed by atoms with Gasteiger partial charge in [0.1, 0.15) is 0 Å². The number of carbonyl (C=O) groups excluding carboxylic acids is 6. The SMILES string of the molecule is Cc1nc(-c2ccccc2)cnc1NC(=O)Cc1c(F)c(F)c(F)c(F)c1F.Cc1nc(-c2ccccc2)cnc1NC(=O)Cc1ccc(Br)cc1.Cc1nc(-c2ccccc2)cnc1NC(=O)Cc1ccc(F)c(F)c1.Cc1nc(-c2ccccc2)cnc1NC(=O)Cc1ccc(I)cc1.Cc1nc(-c2ccccc2)cnc1NC(=O)Cc1ccccc1.Cc1nc(-c2ccccc2)cnc1NC(=O)c1ccccc1. The Labute approximate surface area is 858 Å². The molecule has 0 aliphatic heterocycles. The number of amides is 6. The Balaban J connectivity index is 0.000000147. The van der Waals surface area contributed by atoms with Gasteiger partial charge in [-0.3, -0.25) is 28.8 Å². The van der Waals surface area contributed by atoms with Crippen LogP contribution in [0.15, 0.2) is 351 Å². The maximum Gasteiger partial charge on any atom is 0.256 e. The molecule has 6 aromatic heterocycles. The molecule has 0 unspecified atom stereocenters. The van der Waals surface area contributed by atoms with E-state index >= 15 is 0 Å². The van der Waals surface area contributed by atoms with Gasteiger partial charge in [0.2, 0.25) is 35.4 Å². The van der Waals surface area contributed by atoms with Crippen LogP contribution in [0.5, 0.6) is 0 Å². The lowest BCUT2D eigenvalue weighted by atomic mass is 10.1. The topological polar surface area (TPSA) is 329 Å². The fourth-order valence-electron chi connectivity index (χ4n) is 13.9. The first-order valence-corrected chi connectivity index (χ1v) is 47.1. The van der Waals surface area contributed by atoms with Gasteiger partial charge in [0.05, 0.1) is 138 Å². The molecule has 6 amide bonds. The molecule has 146 heavy (non-hydrogen) atoms. The highest BCUT2D eigenvalue weighted by Gasteiger charge is 2.28. The minimum atomic E-state index is -2.28. The summed E-state index contributed by atoms with van der Waals surface area (Å²) in [5.41, 5.74) is 16.4. The zero-order valence-electron chi connectivity index (χ0n) is 79.2. The number of aryl methyl sites for hydroxylation is 6. The molecule has 12 aromatic carbocycles. The van der Waals surface area contributed by atoms with Crippen molar-refractivity contribution >= 4 is 109 Å². The third-order valence-electron chi connectivity index (χ3n) is 21.4. The molecule has 6 heterocycles. The lowest BCUT2D eigenvalue weighted by Crippen LogP contribution is -2.19. The van der Waals surface area contributed by atoms with Gasteiger partial charge in [-0.25, -0.2) is 90.5 Å². The first kappa shape index (κ1) is 106. The summed E-state index contributed by atoms with van der Waals surface area (Å²) in [4.78, 5) is 125. The Morgan fingerprint density at radius 1 is 0.253 bits per heavy atom. The largest absolute Gasteiger partial charge is 0.309 e. The number of benzene rings is 12. The number of rotatable bonds is 23. The van der Waals surface area contributed by atoms with E-state index in [-0.39, 0.29) is 41.8 Å². The molecule has 0 aliphatic carbocycles. The Kier molecular flexibility index (Phi) is 38.1. The van der Waals surface area contributed by atoms with E-state index in [0.717, 1.165) is 93.0 Å². The lowest BCUT2D eigenvalue weighted by molar-refractivity contribution is -0.116. The molecule has 0 spiro atoms. The van der Waals surface area contributed by atoms with Gasteiger partial charge in [-0.2, -0.15) is 0 Å². The van der Waals surface area contributed by atoms with Gasteiger partial charge in [0.25, 0.3) is 5.91 Å². The molecule has 0 fully saturated rings. The van der Waals surface area contributed by atoms with Crippen molar-refractivity contribution in [3.63, 3.8) is 0 Å². The van der Waals surface area contributed by atoms with E-state index in [1.165, 1.54) is 12.3 Å². The molecular formula is C113H91BrF7IN18O6. The van der Waals surface area contributed by atoms with Crippen LogP contribution in [0.2, 0.25) is 0 Å². The molecule has 0 aliphatic rings. The highest BCUT2D eigenvalue weighted by atomic mass is 127.